The maximum Gasteiger partial charge on any atom is 0.246 e. The highest BCUT2D eigenvalue weighted by Gasteiger charge is 2.20. The number of carbonyl (C=O) groups is 2. The van der Waals surface area contributed by atoms with Crippen LogP contribution in [0.4, 0.5) is 0 Å². The van der Waals surface area contributed by atoms with Crippen LogP contribution in [0.15, 0.2) is 60.7 Å². The fraction of sp³-hybridized carbons (Fsp3) is 0.273. The van der Waals surface area contributed by atoms with Gasteiger partial charge in [0.25, 0.3) is 0 Å². The van der Waals surface area contributed by atoms with Gasteiger partial charge >= 0.3 is 0 Å². The highest BCUT2D eigenvalue weighted by molar-refractivity contribution is 5.92. The van der Waals surface area contributed by atoms with E-state index < -0.39 is 0 Å². The third kappa shape index (κ3) is 5.45. The van der Waals surface area contributed by atoms with E-state index in [1.54, 1.807) is 28.9 Å². The average molecular weight is 364 g/mol. The SMILES string of the molecule is CC(=O)N1CCN(C(=O)/C=C/c2ccc(OCc3ccccc3)cc2)CC1. The van der Waals surface area contributed by atoms with E-state index in [-0.39, 0.29) is 11.8 Å². The van der Waals surface area contributed by atoms with Crippen LogP contribution >= 0.6 is 0 Å². The number of carbonyl (C=O) groups excluding carboxylic acids is 2. The average Bonchev–Trinajstić information content (AvgIpc) is 2.72. The summed E-state index contributed by atoms with van der Waals surface area (Å²) in [5.41, 5.74) is 2.06. The summed E-state index contributed by atoms with van der Waals surface area (Å²) in [6.07, 6.45) is 3.39. The van der Waals surface area contributed by atoms with Gasteiger partial charge in [0.05, 0.1) is 0 Å². The Morgan fingerprint density at radius 3 is 2.19 bits per heavy atom. The van der Waals surface area contributed by atoms with E-state index in [2.05, 4.69) is 0 Å². The van der Waals surface area contributed by atoms with Crippen LogP contribution in [-0.2, 0) is 16.2 Å². The molecule has 1 fully saturated rings. The summed E-state index contributed by atoms with van der Waals surface area (Å²) in [6.45, 7) is 4.44. The van der Waals surface area contributed by atoms with Gasteiger partial charge in [0.2, 0.25) is 11.8 Å². The first-order valence-electron chi connectivity index (χ1n) is 9.11. The fourth-order valence-electron chi connectivity index (χ4n) is 2.93. The topological polar surface area (TPSA) is 49.9 Å². The zero-order valence-electron chi connectivity index (χ0n) is 15.5. The predicted molar refractivity (Wildman–Crippen MR) is 105 cm³/mol. The molecule has 140 valence electrons. The zero-order chi connectivity index (χ0) is 19.1. The maximum absolute atomic E-state index is 12.3. The standard InChI is InChI=1S/C22H24N2O3/c1-18(25)23-13-15-24(16-14-23)22(26)12-9-19-7-10-21(11-8-19)27-17-20-5-3-2-4-6-20/h2-12H,13-17H2,1H3/b12-9+. The van der Waals surface area contributed by atoms with Crippen LogP contribution in [0.2, 0.25) is 0 Å². The summed E-state index contributed by atoms with van der Waals surface area (Å²) in [5, 5.41) is 0. The van der Waals surface area contributed by atoms with E-state index in [1.165, 1.54) is 0 Å². The van der Waals surface area contributed by atoms with Gasteiger partial charge in [-0.25, -0.2) is 0 Å². The highest BCUT2D eigenvalue weighted by Crippen LogP contribution is 2.15. The van der Waals surface area contributed by atoms with Crippen molar-refractivity contribution in [3.05, 3.63) is 71.8 Å². The first-order chi connectivity index (χ1) is 13.1. The van der Waals surface area contributed by atoms with Crippen LogP contribution in [0.5, 0.6) is 5.75 Å². The van der Waals surface area contributed by atoms with E-state index >= 15 is 0 Å². The molecule has 2 aromatic carbocycles. The van der Waals surface area contributed by atoms with Gasteiger partial charge in [0, 0.05) is 39.2 Å². The molecule has 0 radical (unpaired) electrons. The van der Waals surface area contributed by atoms with E-state index in [9.17, 15) is 9.59 Å². The lowest BCUT2D eigenvalue weighted by Gasteiger charge is -2.33. The Balaban J connectivity index is 1.49. The van der Waals surface area contributed by atoms with Crippen LogP contribution in [0.1, 0.15) is 18.1 Å². The van der Waals surface area contributed by atoms with Gasteiger partial charge in [0.15, 0.2) is 0 Å². The van der Waals surface area contributed by atoms with Gasteiger partial charge < -0.3 is 14.5 Å². The minimum Gasteiger partial charge on any atom is -0.489 e. The van der Waals surface area contributed by atoms with Crippen molar-refractivity contribution in [1.82, 2.24) is 9.80 Å². The molecule has 0 bridgehead atoms. The second-order valence-corrected chi connectivity index (χ2v) is 6.51. The van der Waals surface area contributed by atoms with E-state index in [0.717, 1.165) is 16.9 Å². The molecular formula is C22H24N2O3. The van der Waals surface area contributed by atoms with E-state index in [0.29, 0.717) is 32.8 Å². The molecule has 2 amide bonds. The lowest BCUT2D eigenvalue weighted by atomic mass is 10.2. The molecule has 1 heterocycles. The number of piperazine rings is 1. The Labute approximate surface area is 159 Å². The van der Waals surface area contributed by atoms with E-state index in [1.807, 2.05) is 54.6 Å². The molecule has 1 saturated heterocycles. The largest absolute Gasteiger partial charge is 0.489 e. The summed E-state index contributed by atoms with van der Waals surface area (Å²) >= 11 is 0. The smallest absolute Gasteiger partial charge is 0.246 e. The molecular weight excluding hydrogens is 340 g/mol. The third-order valence-corrected chi connectivity index (χ3v) is 4.58. The number of nitrogens with zero attached hydrogens (tertiary/aromatic N) is 2. The molecule has 2 aromatic rings. The Bertz CT molecular complexity index is 792. The number of hydrogen-bond donors (Lipinski definition) is 0. The van der Waals surface area contributed by atoms with Crippen molar-refractivity contribution in [2.45, 2.75) is 13.5 Å². The first-order valence-corrected chi connectivity index (χ1v) is 9.11. The van der Waals surface area contributed by atoms with Crippen molar-refractivity contribution in [3.63, 3.8) is 0 Å². The van der Waals surface area contributed by atoms with Gasteiger partial charge in [-0.1, -0.05) is 42.5 Å². The fourth-order valence-corrected chi connectivity index (χ4v) is 2.93. The molecule has 0 atom stereocenters. The molecule has 0 spiro atoms. The highest BCUT2D eigenvalue weighted by atomic mass is 16.5. The van der Waals surface area contributed by atoms with Crippen LogP contribution in [0, 0.1) is 0 Å². The molecule has 5 heteroatoms. The number of benzene rings is 2. The predicted octanol–water partition coefficient (Wildman–Crippen LogP) is 2.97. The zero-order valence-corrected chi connectivity index (χ0v) is 15.5. The second-order valence-electron chi connectivity index (χ2n) is 6.51. The Morgan fingerprint density at radius 1 is 0.926 bits per heavy atom. The Kier molecular flexibility index (Phi) is 6.26. The summed E-state index contributed by atoms with van der Waals surface area (Å²) < 4.78 is 5.77. The molecule has 1 aliphatic heterocycles. The van der Waals surface area contributed by atoms with Gasteiger partial charge in [-0.3, -0.25) is 9.59 Å². The Morgan fingerprint density at radius 2 is 1.56 bits per heavy atom. The van der Waals surface area contributed by atoms with Crippen molar-refractivity contribution in [2.24, 2.45) is 0 Å². The normalized spacial score (nSPS) is 14.4. The molecule has 3 rings (SSSR count). The quantitative estimate of drug-likeness (QED) is 0.767. The summed E-state index contributed by atoms with van der Waals surface area (Å²) in [4.78, 5) is 27.2. The van der Waals surface area contributed by atoms with Crippen LogP contribution in [0.25, 0.3) is 6.08 Å². The molecule has 5 nitrogen and oxygen atoms in total. The lowest BCUT2D eigenvalue weighted by molar-refractivity contribution is -0.135. The van der Waals surface area contributed by atoms with Crippen molar-refractivity contribution < 1.29 is 14.3 Å². The van der Waals surface area contributed by atoms with Crippen LogP contribution < -0.4 is 4.74 Å². The number of ether oxygens (including phenoxy) is 1. The third-order valence-electron chi connectivity index (χ3n) is 4.58. The van der Waals surface area contributed by atoms with Crippen molar-refractivity contribution >= 4 is 17.9 Å². The maximum atomic E-state index is 12.3. The summed E-state index contributed by atoms with van der Waals surface area (Å²) in [7, 11) is 0. The number of amides is 2. The molecule has 0 aliphatic carbocycles. The van der Waals surface area contributed by atoms with Gasteiger partial charge in [-0.2, -0.15) is 0 Å². The first kappa shape index (κ1) is 18.7. The van der Waals surface area contributed by atoms with Crippen LogP contribution in [0.3, 0.4) is 0 Å². The van der Waals surface area contributed by atoms with E-state index in [4.69, 9.17) is 4.74 Å². The number of hydrogen-bond acceptors (Lipinski definition) is 3. The van der Waals surface area contributed by atoms with Crippen LogP contribution in [-0.4, -0.2) is 47.8 Å². The summed E-state index contributed by atoms with van der Waals surface area (Å²) in [5.74, 6) is 0.831. The van der Waals surface area contributed by atoms with Crippen molar-refractivity contribution in [1.29, 1.82) is 0 Å². The van der Waals surface area contributed by atoms with Crippen molar-refractivity contribution in [3.8, 4) is 5.75 Å². The molecule has 0 saturated carbocycles. The van der Waals surface area contributed by atoms with Gasteiger partial charge in [-0.05, 0) is 29.3 Å². The Hall–Kier alpha value is -3.08. The minimum absolute atomic E-state index is 0.0254. The lowest BCUT2D eigenvalue weighted by Crippen LogP contribution is -2.49. The molecule has 0 N–H and O–H groups in total. The van der Waals surface area contributed by atoms with Crippen molar-refractivity contribution in [2.75, 3.05) is 26.2 Å². The minimum atomic E-state index is -0.0254. The van der Waals surface area contributed by atoms with Gasteiger partial charge in [-0.15, -0.1) is 0 Å². The van der Waals surface area contributed by atoms with Gasteiger partial charge in [0.1, 0.15) is 12.4 Å². The molecule has 0 unspecified atom stereocenters. The number of rotatable bonds is 5. The molecule has 0 aromatic heterocycles. The molecule has 27 heavy (non-hydrogen) atoms. The summed E-state index contributed by atoms with van der Waals surface area (Å²) in [6, 6.07) is 17.7. The molecule has 1 aliphatic rings. The second kappa shape index (κ2) is 9.03. The monoisotopic (exact) mass is 364 g/mol.